The van der Waals surface area contributed by atoms with Crippen LogP contribution in [0.25, 0.3) is 0 Å². The molecule has 0 spiro atoms. The lowest BCUT2D eigenvalue weighted by Gasteiger charge is -2.02. The molecule has 2 rings (SSSR count). The number of thiazole rings is 1. The Bertz CT molecular complexity index is 522. The topological polar surface area (TPSA) is 12.9 Å². The molecule has 1 aromatic carbocycles. The Hall–Kier alpha value is -0.930. The van der Waals surface area contributed by atoms with Gasteiger partial charge in [-0.25, -0.2) is 9.37 Å². The maximum absolute atomic E-state index is 13.7. The fourth-order valence-corrected chi connectivity index (χ4v) is 2.58. The van der Waals surface area contributed by atoms with E-state index < -0.39 is 0 Å². The zero-order chi connectivity index (χ0) is 12.4. The molecular formula is C13H13ClFNS. The van der Waals surface area contributed by atoms with Gasteiger partial charge >= 0.3 is 0 Å². The van der Waals surface area contributed by atoms with Crippen LogP contribution < -0.4 is 0 Å². The van der Waals surface area contributed by atoms with E-state index in [2.05, 4.69) is 18.8 Å². The molecule has 90 valence electrons. The third-order valence-electron chi connectivity index (χ3n) is 2.47. The number of hydrogen-bond acceptors (Lipinski definition) is 2. The number of rotatable bonds is 3. The second-order valence-corrected chi connectivity index (χ2v) is 5.52. The molecule has 1 nitrogen and oxygen atoms in total. The number of hydrogen-bond donors (Lipinski definition) is 0. The summed E-state index contributed by atoms with van der Waals surface area (Å²) in [5.41, 5.74) is 1.50. The fourth-order valence-electron chi connectivity index (χ4n) is 1.55. The predicted octanol–water partition coefficient (Wildman–Crippen LogP) is 4.65. The summed E-state index contributed by atoms with van der Waals surface area (Å²) in [5.74, 6) is 0.0752. The first-order chi connectivity index (χ1) is 8.08. The van der Waals surface area contributed by atoms with E-state index in [9.17, 15) is 4.39 Å². The molecule has 0 amide bonds. The van der Waals surface area contributed by atoms with Crippen molar-refractivity contribution in [2.45, 2.75) is 26.2 Å². The Morgan fingerprint density at radius 1 is 1.41 bits per heavy atom. The Kier molecular flexibility index (Phi) is 3.79. The quantitative estimate of drug-likeness (QED) is 0.790. The van der Waals surface area contributed by atoms with Crippen molar-refractivity contribution < 1.29 is 4.39 Å². The molecule has 0 aliphatic heterocycles. The zero-order valence-corrected chi connectivity index (χ0v) is 11.3. The van der Waals surface area contributed by atoms with Gasteiger partial charge in [-0.2, -0.15) is 0 Å². The summed E-state index contributed by atoms with van der Waals surface area (Å²) in [6.45, 7) is 4.20. The number of nitrogens with zero attached hydrogens (tertiary/aromatic N) is 1. The van der Waals surface area contributed by atoms with E-state index in [1.165, 1.54) is 0 Å². The highest BCUT2D eigenvalue weighted by Gasteiger charge is 2.10. The first-order valence-electron chi connectivity index (χ1n) is 5.45. The molecule has 0 saturated heterocycles. The highest BCUT2D eigenvalue weighted by atomic mass is 35.5. The van der Waals surface area contributed by atoms with Crippen molar-refractivity contribution >= 4 is 22.9 Å². The Labute approximate surface area is 109 Å². The van der Waals surface area contributed by atoms with E-state index in [1.54, 1.807) is 29.5 Å². The van der Waals surface area contributed by atoms with Crippen LogP contribution in [-0.4, -0.2) is 4.98 Å². The van der Waals surface area contributed by atoms with Gasteiger partial charge in [0.1, 0.15) is 5.82 Å². The SMILES string of the molecule is CC(C)c1nc(Cc2cccc(Cl)c2F)cs1. The normalized spacial score (nSPS) is 11.1. The summed E-state index contributed by atoms with van der Waals surface area (Å²) in [6.07, 6.45) is 0.496. The second-order valence-electron chi connectivity index (χ2n) is 4.22. The first kappa shape index (κ1) is 12.5. The van der Waals surface area contributed by atoms with Gasteiger partial charge in [0.15, 0.2) is 0 Å². The van der Waals surface area contributed by atoms with Gasteiger partial charge in [0.2, 0.25) is 0 Å². The molecule has 1 aromatic heterocycles. The van der Waals surface area contributed by atoms with E-state index in [0.29, 0.717) is 17.9 Å². The molecule has 17 heavy (non-hydrogen) atoms. The third-order valence-corrected chi connectivity index (χ3v) is 3.95. The molecule has 0 radical (unpaired) electrons. The molecule has 0 aliphatic carbocycles. The molecule has 0 aliphatic rings. The molecule has 0 fully saturated rings. The standard InChI is InChI=1S/C13H13ClFNS/c1-8(2)13-16-10(7-17-13)6-9-4-3-5-11(14)12(9)15/h3-5,7-8H,6H2,1-2H3. The van der Waals surface area contributed by atoms with Gasteiger partial charge in [0.05, 0.1) is 15.7 Å². The molecule has 0 unspecified atom stereocenters. The van der Waals surface area contributed by atoms with Crippen LogP contribution in [0.15, 0.2) is 23.6 Å². The molecule has 0 saturated carbocycles. The van der Waals surface area contributed by atoms with Gasteiger partial charge in [-0.3, -0.25) is 0 Å². The molecule has 4 heteroatoms. The van der Waals surface area contributed by atoms with Crippen LogP contribution in [0.5, 0.6) is 0 Å². The van der Waals surface area contributed by atoms with Crippen LogP contribution in [0.2, 0.25) is 5.02 Å². The Morgan fingerprint density at radius 3 is 2.82 bits per heavy atom. The van der Waals surface area contributed by atoms with Crippen LogP contribution in [0.3, 0.4) is 0 Å². The molecule has 2 aromatic rings. The molecule has 0 atom stereocenters. The van der Waals surface area contributed by atoms with Gasteiger partial charge in [-0.1, -0.05) is 37.6 Å². The minimum Gasteiger partial charge on any atom is -0.246 e. The van der Waals surface area contributed by atoms with Gasteiger partial charge < -0.3 is 0 Å². The van der Waals surface area contributed by atoms with Crippen LogP contribution in [0, 0.1) is 5.82 Å². The maximum atomic E-state index is 13.7. The van der Waals surface area contributed by atoms with E-state index in [-0.39, 0.29) is 10.8 Å². The average molecular weight is 270 g/mol. The number of aromatic nitrogens is 1. The molecule has 1 heterocycles. The van der Waals surface area contributed by atoms with E-state index in [1.807, 2.05) is 5.38 Å². The first-order valence-corrected chi connectivity index (χ1v) is 6.71. The van der Waals surface area contributed by atoms with Crippen molar-refractivity contribution in [1.82, 2.24) is 4.98 Å². The zero-order valence-electron chi connectivity index (χ0n) is 9.71. The van der Waals surface area contributed by atoms with Gasteiger partial charge in [0.25, 0.3) is 0 Å². The summed E-state index contributed by atoms with van der Waals surface area (Å²) in [5, 5.41) is 3.24. The van der Waals surface area contributed by atoms with Crippen molar-refractivity contribution in [3.8, 4) is 0 Å². The second kappa shape index (κ2) is 5.15. The summed E-state index contributed by atoms with van der Waals surface area (Å²) < 4.78 is 13.7. The van der Waals surface area contributed by atoms with E-state index in [0.717, 1.165) is 10.7 Å². The summed E-state index contributed by atoms with van der Waals surface area (Å²) in [4.78, 5) is 4.48. The fraction of sp³-hybridized carbons (Fsp3) is 0.308. The number of benzene rings is 1. The summed E-state index contributed by atoms with van der Waals surface area (Å²) in [6, 6.07) is 5.06. The molecule has 0 bridgehead atoms. The van der Waals surface area contributed by atoms with E-state index >= 15 is 0 Å². The van der Waals surface area contributed by atoms with Crippen LogP contribution in [0.1, 0.15) is 36.0 Å². The van der Waals surface area contributed by atoms with Crippen LogP contribution in [-0.2, 0) is 6.42 Å². The Morgan fingerprint density at radius 2 is 2.18 bits per heavy atom. The third kappa shape index (κ3) is 2.85. The monoisotopic (exact) mass is 269 g/mol. The highest BCUT2D eigenvalue weighted by molar-refractivity contribution is 7.09. The largest absolute Gasteiger partial charge is 0.246 e. The molecular weight excluding hydrogens is 257 g/mol. The lowest BCUT2D eigenvalue weighted by molar-refractivity contribution is 0.613. The van der Waals surface area contributed by atoms with Gasteiger partial charge in [-0.05, 0) is 11.6 Å². The molecule has 0 N–H and O–H groups in total. The van der Waals surface area contributed by atoms with Gasteiger partial charge in [-0.15, -0.1) is 11.3 Å². The van der Waals surface area contributed by atoms with Crippen molar-refractivity contribution in [1.29, 1.82) is 0 Å². The Balaban J connectivity index is 2.22. The highest BCUT2D eigenvalue weighted by Crippen LogP contribution is 2.23. The minimum absolute atomic E-state index is 0.168. The smallest absolute Gasteiger partial charge is 0.145 e. The number of halogens is 2. The minimum atomic E-state index is -0.340. The van der Waals surface area contributed by atoms with Crippen LogP contribution >= 0.6 is 22.9 Å². The average Bonchev–Trinajstić information content (AvgIpc) is 2.73. The lowest BCUT2D eigenvalue weighted by Crippen LogP contribution is -1.94. The van der Waals surface area contributed by atoms with E-state index in [4.69, 9.17) is 11.6 Å². The van der Waals surface area contributed by atoms with Crippen molar-refractivity contribution in [2.75, 3.05) is 0 Å². The van der Waals surface area contributed by atoms with Crippen molar-refractivity contribution in [2.24, 2.45) is 0 Å². The predicted molar refractivity (Wildman–Crippen MR) is 70.4 cm³/mol. The lowest BCUT2D eigenvalue weighted by atomic mass is 10.1. The van der Waals surface area contributed by atoms with Gasteiger partial charge in [0, 0.05) is 17.7 Å². The van der Waals surface area contributed by atoms with Crippen molar-refractivity contribution in [3.05, 3.63) is 50.7 Å². The van der Waals surface area contributed by atoms with Crippen molar-refractivity contribution in [3.63, 3.8) is 0 Å². The summed E-state index contributed by atoms with van der Waals surface area (Å²) in [7, 11) is 0. The summed E-state index contributed by atoms with van der Waals surface area (Å²) >= 11 is 7.36. The maximum Gasteiger partial charge on any atom is 0.145 e. The van der Waals surface area contributed by atoms with Crippen LogP contribution in [0.4, 0.5) is 4.39 Å².